The fraction of sp³-hybridized carbons (Fsp3) is 0.400. The Hall–Kier alpha value is -3.39. The molecule has 174 valence electrons. The van der Waals surface area contributed by atoms with Crippen LogP contribution in [0.15, 0.2) is 59.3 Å². The van der Waals surface area contributed by atoms with E-state index in [9.17, 15) is 9.59 Å². The number of benzene rings is 1. The number of carbonyl (C=O) groups excluding carboxylic acids is 2. The summed E-state index contributed by atoms with van der Waals surface area (Å²) in [4.78, 5) is 31.2. The van der Waals surface area contributed by atoms with Gasteiger partial charge in [0.15, 0.2) is 5.69 Å². The van der Waals surface area contributed by atoms with Gasteiger partial charge in [-0.3, -0.25) is 9.59 Å². The third-order valence-corrected chi connectivity index (χ3v) is 5.77. The van der Waals surface area contributed by atoms with E-state index >= 15 is 0 Å². The standard InChI is InChI=1S/C25H30N4O4/c1-2-24(30)29(16-21-11-7-13-32-21)15-20-10-6-12-28(20)17-23-27-22(18-33-23)25(31)26-14-19-8-4-3-5-9-19/h3-6,8-10,12,18,21H,2,7,11,13-17H2,1H3,(H,26,31). The molecule has 8 heteroatoms. The average Bonchev–Trinajstić information content (AvgIpc) is 3.61. The second kappa shape index (κ2) is 11.0. The summed E-state index contributed by atoms with van der Waals surface area (Å²) in [5, 5.41) is 2.85. The van der Waals surface area contributed by atoms with E-state index in [-0.39, 0.29) is 23.6 Å². The first-order valence-electron chi connectivity index (χ1n) is 11.4. The van der Waals surface area contributed by atoms with Gasteiger partial charge in [-0.1, -0.05) is 37.3 Å². The van der Waals surface area contributed by atoms with Crippen molar-refractivity contribution < 1.29 is 18.7 Å². The van der Waals surface area contributed by atoms with Crippen molar-refractivity contribution in [3.63, 3.8) is 0 Å². The summed E-state index contributed by atoms with van der Waals surface area (Å²) in [6.45, 7) is 4.53. The molecule has 1 N–H and O–H groups in total. The number of nitrogens with zero attached hydrogens (tertiary/aromatic N) is 3. The molecule has 1 unspecified atom stereocenters. The highest BCUT2D eigenvalue weighted by molar-refractivity contribution is 5.91. The molecule has 0 aliphatic carbocycles. The molecule has 3 heterocycles. The molecule has 0 bridgehead atoms. The van der Waals surface area contributed by atoms with Gasteiger partial charge in [-0.25, -0.2) is 4.98 Å². The molecule has 33 heavy (non-hydrogen) atoms. The minimum Gasteiger partial charge on any atom is -0.446 e. The van der Waals surface area contributed by atoms with E-state index in [1.54, 1.807) is 0 Å². The second-order valence-corrected chi connectivity index (χ2v) is 8.19. The minimum absolute atomic E-state index is 0.103. The number of rotatable bonds is 10. The van der Waals surface area contributed by atoms with Crippen LogP contribution in [0.5, 0.6) is 0 Å². The first kappa shape index (κ1) is 22.8. The highest BCUT2D eigenvalue weighted by atomic mass is 16.5. The minimum atomic E-state index is -0.280. The Balaban J connectivity index is 1.37. The highest BCUT2D eigenvalue weighted by Gasteiger charge is 2.23. The lowest BCUT2D eigenvalue weighted by molar-refractivity contribution is -0.133. The van der Waals surface area contributed by atoms with Crippen molar-refractivity contribution >= 4 is 11.8 Å². The number of carbonyl (C=O) groups is 2. The molecule has 0 radical (unpaired) electrons. The zero-order valence-electron chi connectivity index (χ0n) is 18.9. The Bertz CT molecular complexity index is 1050. The summed E-state index contributed by atoms with van der Waals surface area (Å²) < 4.78 is 13.3. The summed E-state index contributed by atoms with van der Waals surface area (Å²) in [7, 11) is 0. The predicted octanol–water partition coefficient (Wildman–Crippen LogP) is 3.37. The van der Waals surface area contributed by atoms with Crippen LogP contribution in [0.4, 0.5) is 0 Å². The topological polar surface area (TPSA) is 89.6 Å². The number of amides is 2. The number of ether oxygens (including phenoxy) is 1. The summed E-state index contributed by atoms with van der Waals surface area (Å²) in [5.41, 5.74) is 2.24. The zero-order valence-corrected chi connectivity index (χ0v) is 18.9. The van der Waals surface area contributed by atoms with Gasteiger partial charge >= 0.3 is 0 Å². The Morgan fingerprint density at radius 1 is 1.21 bits per heavy atom. The Labute approximate surface area is 193 Å². The lowest BCUT2D eigenvalue weighted by Crippen LogP contribution is -2.37. The van der Waals surface area contributed by atoms with Crippen LogP contribution in [0.3, 0.4) is 0 Å². The normalized spacial score (nSPS) is 15.5. The summed E-state index contributed by atoms with van der Waals surface area (Å²) in [5.74, 6) is 0.259. The van der Waals surface area contributed by atoms with E-state index in [2.05, 4.69) is 10.3 Å². The van der Waals surface area contributed by atoms with Crippen molar-refractivity contribution in [1.29, 1.82) is 0 Å². The summed E-state index contributed by atoms with van der Waals surface area (Å²) in [6, 6.07) is 13.6. The fourth-order valence-electron chi connectivity index (χ4n) is 3.96. The molecule has 0 saturated carbocycles. The Kier molecular flexibility index (Phi) is 7.57. The van der Waals surface area contributed by atoms with Crippen molar-refractivity contribution in [1.82, 2.24) is 19.8 Å². The number of aromatic nitrogens is 2. The second-order valence-electron chi connectivity index (χ2n) is 8.19. The molecule has 2 aromatic heterocycles. The van der Waals surface area contributed by atoms with Crippen LogP contribution in [0.2, 0.25) is 0 Å². The average molecular weight is 451 g/mol. The Morgan fingerprint density at radius 3 is 2.82 bits per heavy atom. The van der Waals surface area contributed by atoms with Gasteiger partial charge in [0, 0.05) is 38.0 Å². The quantitative estimate of drug-likeness (QED) is 0.512. The van der Waals surface area contributed by atoms with Crippen LogP contribution < -0.4 is 5.32 Å². The first-order chi connectivity index (χ1) is 16.1. The van der Waals surface area contributed by atoms with E-state index in [1.165, 1.54) is 6.26 Å². The van der Waals surface area contributed by atoms with Crippen molar-refractivity contribution in [3.05, 3.63) is 77.8 Å². The van der Waals surface area contributed by atoms with Crippen LogP contribution in [0, 0.1) is 0 Å². The van der Waals surface area contributed by atoms with Crippen LogP contribution in [-0.2, 0) is 29.2 Å². The molecule has 2 amide bonds. The third-order valence-electron chi connectivity index (χ3n) is 5.77. The van der Waals surface area contributed by atoms with Crippen LogP contribution in [0.25, 0.3) is 0 Å². The van der Waals surface area contributed by atoms with Gasteiger partial charge in [-0.2, -0.15) is 0 Å². The van der Waals surface area contributed by atoms with E-state index in [1.807, 2.05) is 65.1 Å². The van der Waals surface area contributed by atoms with E-state index < -0.39 is 0 Å². The SMILES string of the molecule is CCC(=O)N(Cc1cccn1Cc1nc(C(=O)NCc2ccccc2)co1)CC1CCCO1. The Morgan fingerprint density at radius 2 is 2.06 bits per heavy atom. The van der Waals surface area contributed by atoms with Crippen molar-refractivity contribution in [2.24, 2.45) is 0 Å². The third kappa shape index (κ3) is 6.10. The molecule has 1 atom stereocenters. The predicted molar refractivity (Wildman–Crippen MR) is 122 cm³/mol. The number of hydrogen-bond donors (Lipinski definition) is 1. The van der Waals surface area contributed by atoms with Crippen LogP contribution in [-0.4, -0.2) is 45.5 Å². The number of hydrogen-bond acceptors (Lipinski definition) is 5. The maximum absolute atomic E-state index is 12.5. The molecular weight excluding hydrogens is 420 g/mol. The highest BCUT2D eigenvalue weighted by Crippen LogP contribution is 2.17. The van der Waals surface area contributed by atoms with Gasteiger partial charge in [0.1, 0.15) is 6.26 Å². The van der Waals surface area contributed by atoms with Gasteiger partial charge in [0.05, 0.1) is 19.2 Å². The number of oxazole rings is 1. The van der Waals surface area contributed by atoms with Crippen molar-refractivity contribution in [2.45, 2.75) is 51.9 Å². The van der Waals surface area contributed by atoms with Crippen molar-refractivity contribution in [3.8, 4) is 0 Å². The smallest absolute Gasteiger partial charge is 0.273 e. The number of nitrogens with one attached hydrogen (secondary N) is 1. The van der Waals surface area contributed by atoms with Gasteiger partial charge < -0.3 is 23.9 Å². The zero-order chi connectivity index (χ0) is 23.0. The molecule has 8 nitrogen and oxygen atoms in total. The lowest BCUT2D eigenvalue weighted by atomic mass is 10.2. The monoisotopic (exact) mass is 450 g/mol. The van der Waals surface area contributed by atoms with Crippen molar-refractivity contribution in [2.75, 3.05) is 13.2 Å². The van der Waals surface area contributed by atoms with Gasteiger partial charge in [-0.15, -0.1) is 0 Å². The molecule has 1 fully saturated rings. The van der Waals surface area contributed by atoms with E-state index in [0.29, 0.717) is 38.5 Å². The summed E-state index contributed by atoms with van der Waals surface area (Å²) in [6.07, 6.45) is 5.89. The molecule has 1 aromatic carbocycles. The van der Waals surface area contributed by atoms with Crippen LogP contribution >= 0.6 is 0 Å². The lowest BCUT2D eigenvalue weighted by Gasteiger charge is -2.25. The van der Waals surface area contributed by atoms with Gasteiger partial charge in [0.2, 0.25) is 11.8 Å². The first-order valence-corrected chi connectivity index (χ1v) is 11.4. The summed E-state index contributed by atoms with van der Waals surface area (Å²) >= 11 is 0. The fourth-order valence-corrected chi connectivity index (χ4v) is 3.96. The molecule has 1 aliphatic heterocycles. The molecule has 1 saturated heterocycles. The molecule has 4 rings (SSSR count). The largest absolute Gasteiger partial charge is 0.446 e. The van der Waals surface area contributed by atoms with Gasteiger partial charge in [0.25, 0.3) is 5.91 Å². The maximum atomic E-state index is 12.5. The van der Waals surface area contributed by atoms with E-state index in [0.717, 1.165) is 30.7 Å². The molecule has 3 aromatic rings. The van der Waals surface area contributed by atoms with Crippen LogP contribution in [0.1, 0.15) is 53.8 Å². The maximum Gasteiger partial charge on any atom is 0.273 e. The van der Waals surface area contributed by atoms with E-state index in [4.69, 9.17) is 9.15 Å². The molecule has 1 aliphatic rings. The molecule has 0 spiro atoms. The van der Waals surface area contributed by atoms with Gasteiger partial charge in [-0.05, 0) is 30.5 Å². The molecular formula is C25H30N4O4.